The number of nitrogens with one attached hydrogen (secondary N) is 1. The second-order valence-corrected chi connectivity index (χ2v) is 3.80. The number of hydrogen-bond donors (Lipinski definition) is 2. The van der Waals surface area contributed by atoms with Crippen molar-refractivity contribution in [1.82, 2.24) is 4.98 Å². The molecule has 1 aromatic heterocycles. The van der Waals surface area contributed by atoms with E-state index in [1.165, 1.54) is 0 Å². The van der Waals surface area contributed by atoms with E-state index in [1.54, 1.807) is 0 Å². The lowest BCUT2D eigenvalue weighted by molar-refractivity contribution is -0.137. The van der Waals surface area contributed by atoms with Crippen LogP contribution in [0.25, 0.3) is 0 Å². The molecule has 0 bridgehead atoms. The monoisotopic (exact) mass is 262 g/mol. The molecule has 5 nitrogen and oxygen atoms in total. The first-order valence-corrected chi connectivity index (χ1v) is 5.03. The maximum Gasteiger partial charge on any atom is 0.417 e. The van der Waals surface area contributed by atoms with Crippen LogP contribution in [0.4, 0.5) is 18.9 Å². The van der Waals surface area contributed by atoms with Gasteiger partial charge >= 0.3 is 12.1 Å². The molecule has 0 saturated carbocycles. The van der Waals surface area contributed by atoms with Crippen LogP contribution in [-0.4, -0.2) is 35.3 Å². The molecular weight excluding hydrogens is 253 g/mol. The van der Waals surface area contributed by atoms with E-state index in [0.717, 1.165) is 6.07 Å². The quantitative estimate of drug-likeness (QED) is 0.865. The Labute approximate surface area is 99.6 Å². The average Bonchev–Trinajstić information content (AvgIpc) is 2.21. The summed E-state index contributed by atoms with van der Waals surface area (Å²) in [5, 5.41) is 11.5. The molecule has 2 rings (SSSR count). The van der Waals surface area contributed by atoms with Crippen LogP contribution in [0.5, 0.6) is 0 Å². The maximum atomic E-state index is 12.5. The molecule has 1 saturated heterocycles. The van der Waals surface area contributed by atoms with Crippen LogP contribution in [0.1, 0.15) is 16.1 Å². The minimum Gasteiger partial charge on any atom is -0.476 e. The molecule has 1 fully saturated rings. The molecule has 0 unspecified atom stereocenters. The molecule has 0 radical (unpaired) electrons. The van der Waals surface area contributed by atoms with Crippen molar-refractivity contribution in [2.75, 3.05) is 18.5 Å². The highest BCUT2D eigenvalue weighted by atomic mass is 19.4. The summed E-state index contributed by atoms with van der Waals surface area (Å²) in [6.45, 7) is 0.657. The van der Waals surface area contributed by atoms with Gasteiger partial charge in [0.25, 0.3) is 0 Å². The van der Waals surface area contributed by atoms with E-state index in [-0.39, 0.29) is 11.7 Å². The molecule has 98 valence electrons. The molecule has 2 N–H and O–H groups in total. The van der Waals surface area contributed by atoms with Gasteiger partial charge in [-0.15, -0.1) is 0 Å². The summed E-state index contributed by atoms with van der Waals surface area (Å²) < 4.78 is 42.3. The minimum absolute atomic E-state index is 0.148. The molecule has 0 aliphatic carbocycles. The highest BCUT2D eigenvalue weighted by molar-refractivity contribution is 5.92. The Bertz CT molecular complexity index is 472. The Morgan fingerprint density at radius 1 is 1.50 bits per heavy atom. The number of aromatic carboxylic acids is 1. The number of carboxylic acid groups (broad SMARTS) is 1. The summed E-state index contributed by atoms with van der Waals surface area (Å²) in [7, 11) is 0. The zero-order valence-corrected chi connectivity index (χ0v) is 8.99. The first-order valence-electron chi connectivity index (χ1n) is 5.03. The van der Waals surface area contributed by atoms with Gasteiger partial charge in [-0.3, -0.25) is 0 Å². The van der Waals surface area contributed by atoms with Crippen molar-refractivity contribution in [1.29, 1.82) is 0 Å². The number of alkyl halides is 3. The van der Waals surface area contributed by atoms with Crippen LogP contribution >= 0.6 is 0 Å². The summed E-state index contributed by atoms with van der Waals surface area (Å²) in [5.74, 6) is -1.38. The van der Waals surface area contributed by atoms with Crippen molar-refractivity contribution < 1.29 is 27.8 Å². The van der Waals surface area contributed by atoms with Crippen LogP contribution < -0.4 is 5.32 Å². The van der Waals surface area contributed by atoms with Crippen molar-refractivity contribution >= 4 is 11.7 Å². The molecular formula is C10H9F3N2O3. The third-order valence-electron chi connectivity index (χ3n) is 2.42. The van der Waals surface area contributed by atoms with Gasteiger partial charge in [0, 0.05) is 6.20 Å². The SMILES string of the molecule is O=C(O)c1ncc(C(F)(F)F)cc1NC1COC1. The molecule has 1 aliphatic rings. The lowest BCUT2D eigenvalue weighted by Gasteiger charge is -2.28. The lowest BCUT2D eigenvalue weighted by Crippen LogP contribution is -2.40. The molecule has 0 aromatic carbocycles. The van der Waals surface area contributed by atoms with E-state index in [4.69, 9.17) is 9.84 Å². The standard InChI is InChI=1S/C10H9F3N2O3/c11-10(12,13)5-1-7(15-6-3-18-4-6)8(9(16)17)14-2-5/h1-2,6,15H,3-4H2,(H,16,17). The fourth-order valence-electron chi connectivity index (χ4n) is 1.44. The topological polar surface area (TPSA) is 71.5 Å². The van der Waals surface area contributed by atoms with E-state index in [1.807, 2.05) is 0 Å². The fraction of sp³-hybridized carbons (Fsp3) is 0.400. The predicted molar refractivity (Wildman–Crippen MR) is 54.4 cm³/mol. The predicted octanol–water partition coefficient (Wildman–Crippen LogP) is 1.61. The average molecular weight is 262 g/mol. The molecule has 1 aromatic rings. The van der Waals surface area contributed by atoms with E-state index in [2.05, 4.69) is 10.3 Å². The Hall–Kier alpha value is -1.83. The summed E-state index contributed by atoms with van der Waals surface area (Å²) in [4.78, 5) is 14.2. The van der Waals surface area contributed by atoms with Gasteiger partial charge in [-0.1, -0.05) is 0 Å². The van der Waals surface area contributed by atoms with Gasteiger partial charge in [-0.2, -0.15) is 13.2 Å². The van der Waals surface area contributed by atoms with Crippen LogP contribution in [-0.2, 0) is 10.9 Å². The van der Waals surface area contributed by atoms with Gasteiger partial charge in [0.05, 0.1) is 30.5 Å². The lowest BCUT2D eigenvalue weighted by atomic mass is 10.1. The molecule has 2 heterocycles. The first-order chi connectivity index (χ1) is 8.38. The molecule has 18 heavy (non-hydrogen) atoms. The Morgan fingerprint density at radius 2 is 2.17 bits per heavy atom. The highest BCUT2D eigenvalue weighted by Crippen LogP contribution is 2.31. The second kappa shape index (κ2) is 4.45. The van der Waals surface area contributed by atoms with Gasteiger partial charge in [0.2, 0.25) is 0 Å². The summed E-state index contributed by atoms with van der Waals surface area (Å²) >= 11 is 0. The first kappa shape index (κ1) is 12.6. The minimum atomic E-state index is -4.56. The normalized spacial score (nSPS) is 16.2. The van der Waals surface area contributed by atoms with Crippen LogP contribution in [0.3, 0.4) is 0 Å². The highest BCUT2D eigenvalue weighted by Gasteiger charge is 2.33. The van der Waals surface area contributed by atoms with Gasteiger partial charge in [-0.05, 0) is 6.07 Å². The molecule has 8 heteroatoms. The molecule has 0 amide bonds. The van der Waals surface area contributed by atoms with Gasteiger partial charge in [0.1, 0.15) is 0 Å². The smallest absolute Gasteiger partial charge is 0.417 e. The van der Waals surface area contributed by atoms with E-state index >= 15 is 0 Å². The van der Waals surface area contributed by atoms with Crippen LogP contribution in [0, 0.1) is 0 Å². The summed E-state index contributed by atoms with van der Waals surface area (Å²) in [6.07, 6.45) is -4.05. The van der Waals surface area contributed by atoms with Crippen molar-refractivity contribution in [3.63, 3.8) is 0 Å². The molecule has 1 aliphatic heterocycles. The van der Waals surface area contributed by atoms with Crippen LogP contribution in [0.2, 0.25) is 0 Å². The number of rotatable bonds is 3. The van der Waals surface area contributed by atoms with Gasteiger partial charge in [-0.25, -0.2) is 9.78 Å². The maximum absolute atomic E-state index is 12.5. The summed E-state index contributed by atoms with van der Waals surface area (Å²) in [6, 6.07) is 0.558. The number of aromatic nitrogens is 1. The van der Waals surface area contributed by atoms with Crippen molar-refractivity contribution in [3.8, 4) is 0 Å². The van der Waals surface area contributed by atoms with Gasteiger partial charge in [0.15, 0.2) is 5.69 Å². The fourth-order valence-corrected chi connectivity index (χ4v) is 1.44. The number of anilines is 1. The second-order valence-electron chi connectivity index (χ2n) is 3.80. The number of ether oxygens (including phenoxy) is 1. The Kier molecular flexibility index (Phi) is 3.12. The van der Waals surface area contributed by atoms with Crippen molar-refractivity contribution in [2.24, 2.45) is 0 Å². The number of carboxylic acids is 1. The van der Waals surface area contributed by atoms with E-state index < -0.39 is 23.4 Å². The zero-order chi connectivity index (χ0) is 13.3. The Morgan fingerprint density at radius 3 is 2.61 bits per heavy atom. The number of nitrogens with zero attached hydrogens (tertiary/aromatic N) is 1. The largest absolute Gasteiger partial charge is 0.476 e. The zero-order valence-electron chi connectivity index (χ0n) is 8.99. The van der Waals surface area contributed by atoms with E-state index in [0.29, 0.717) is 19.4 Å². The number of hydrogen-bond acceptors (Lipinski definition) is 4. The summed E-state index contributed by atoms with van der Waals surface area (Å²) in [5.41, 5.74) is -1.57. The van der Waals surface area contributed by atoms with Crippen molar-refractivity contribution in [3.05, 3.63) is 23.5 Å². The van der Waals surface area contributed by atoms with E-state index in [9.17, 15) is 18.0 Å². The van der Waals surface area contributed by atoms with Crippen molar-refractivity contribution in [2.45, 2.75) is 12.2 Å². The molecule has 0 spiro atoms. The Balaban J connectivity index is 2.34. The number of pyridine rings is 1. The number of carbonyl (C=O) groups is 1. The molecule has 0 atom stereocenters. The third kappa shape index (κ3) is 2.53. The third-order valence-corrected chi connectivity index (χ3v) is 2.42. The van der Waals surface area contributed by atoms with Gasteiger partial charge < -0.3 is 15.2 Å². The van der Waals surface area contributed by atoms with Crippen LogP contribution in [0.15, 0.2) is 12.3 Å². The number of halogens is 3.